The van der Waals surface area contributed by atoms with Gasteiger partial charge in [-0.15, -0.1) is 0 Å². The summed E-state index contributed by atoms with van der Waals surface area (Å²) in [5.74, 6) is -0.155. The Kier molecular flexibility index (Phi) is 11.6. The second-order valence-corrected chi connectivity index (χ2v) is 10.00. The van der Waals surface area contributed by atoms with Gasteiger partial charge in [-0.25, -0.2) is 4.39 Å². The van der Waals surface area contributed by atoms with E-state index in [9.17, 15) is 9.18 Å². The largest absolute Gasteiger partial charge is 0.294 e. The number of benzene rings is 1. The van der Waals surface area contributed by atoms with Crippen molar-refractivity contribution in [3.63, 3.8) is 0 Å². The molecule has 1 aromatic carbocycles. The predicted molar refractivity (Wildman–Crippen MR) is 159 cm³/mol. The first-order chi connectivity index (χ1) is 18.4. The van der Waals surface area contributed by atoms with Gasteiger partial charge in [-0.3, -0.25) is 14.8 Å². The molecule has 0 atom stereocenters. The smallest absolute Gasteiger partial charge is 0.161 e. The molecule has 0 amide bonds. The van der Waals surface area contributed by atoms with Crippen molar-refractivity contribution in [1.82, 2.24) is 0 Å². The maximum Gasteiger partial charge on any atom is 0.161 e. The summed E-state index contributed by atoms with van der Waals surface area (Å²) in [4.78, 5) is 22.7. The molecule has 0 N–H and O–H groups in total. The molecule has 0 radical (unpaired) electrons. The van der Waals surface area contributed by atoms with Gasteiger partial charge >= 0.3 is 0 Å². The Hall–Kier alpha value is -3.40. The maximum absolute atomic E-state index is 13.8. The summed E-state index contributed by atoms with van der Waals surface area (Å²) < 4.78 is 13.8. The Morgan fingerprint density at radius 2 is 2.00 bits per heavy atom. The zero-order chi connectivity index (χ0) is 27.3. The average molecular weight is 513 g/mol. The second-order valence-electron chi connectivity index (χ2n) is 10.00. The van der Waals surface area contributed by atoms with Crippen LogP contribution in [0.4, 0.5) is 4.39 Å². The van der Waals surface area contributed by atoms with Crippen molar-refractivity contribution in [1.29, 1.82) is 0 Å². The van der Waals surface area contributed by atoms with Crippen molar-refractivity contribution in [2.45, 2.75) is 85.5 Å². The molecule has 3 nitrogen and oxygen atoms in total. The number of halogens is 1. The molecular formula is C34H41FN2O. The van der Waals surface area contributed by atoms with Crippen molar-refractivity contribution in [2.75, 3.05) is 0 Å². The topological polar surface area (TPSA) is 41.8 Å². The van der Waals surface area contributed by atoms with Gasteiger partial charge in [0, 0.05) is 36.5 Å². The van der Waals surface area contributed by atoms with Crippen LogP contribution < -0.4 is 0 Å². The molecule has 0 saturated heterocycles. The lowest BCUT2D eigenvalue weighted by molar-refractivity contribution is -0.114. The second kappa shape index (κ2) is 15.1. The van der Waals surface area contributed by atoms with E-state index in [1.807, 2.05) is 38.3 Å². The minimum atomic E-state index is -0.224. The lowest BCUT2D eigenvalue weighted by atomic mass is 9.92. The van der Waals surface area contributed by atoms with E-state index in [0.29, 0.717) is 24.1 Å². The highest BCUT2D eigenvalue weighted by Crippen LogP contribution is 2.25. The van der Waals surface area contributed by atoms with Crippen LogP contribution in [0.25, 0.3) is 0 Å². The van der Waals surface area contributed by atoms with E-state index < -0.39 is 0 Å². The number of hydrogen-bond acceptors (Lipinski definition) is 3. The monoisotopic (exact) mass is 512 g/mol. The summed E-state index contributed by atoms with van der Waals surface area (Å²) in [5.41, 5.74) is 7.71. The van der Waals surface area contributed by atoms with Crippen molar-refractivity contribution in [3.8, 4) is 0 Å². The van der Waals surface area contributed by atoms with E-state index >= 15 is 0 Å². The molecule has 0 spiro atoms. The van der Waals surface area contributed by atoms with E-state index in [0.717, 1.165) is 67.5 Å². The minimum absolute atomic E-state index is 0.0686. The number of ketones is 1. The highest BCUT2D eigenvalue weighted by molar-refractivity contribution is 6.02. The van der Waals surface area contributed by atoms with Gasteiger partial charge in [-0.05, 0) is 99.8 Å². The summed E-state index contributed by atoms with van der Waals surface area (Å²) in [6, 6.07) is 5.08. The third-order valence-electron chi connectivity index (χ3n) is 6.87. The van der Waals surface area contributed by atoms with Crippen molar-refractivity contribution < 1.29 is 9.18 Å². The van der Waals surface area contributed by atoms with Crippen LogP contribution in [0, 0.1) is 12.7 Å². The van der Waals surface area contributed by atoms with Gasteiger partial charge in [0.2, 0.25) is 0 Å². The Bertz CT molecular complexity index is 1250. The van der Waals surface area contributed by atoms with Crippen LogP contribution in [-0.4, -0.2) is 17.2 Å². The standard InChI is InChI=1S/C34H41FN2O/c1-5-12-25(3)34(37-33(6-2)29-18-19-32(35)26(4)21-29)24-31(38)23-28-14-10-9-13-27(16-17-28)22-30-15-8-7-11-20-36-30/h7-8,11-12,14,18-22,24H,5-6,9-10,13,15-17,23H2,1-4H3/b25-12-,27-22?,28-14?,34-24-,37-33?. The lowest BCUT2D eigenvalue weighted by Gasteiger charge is -2.14. The number of rotatable bonds is 9. The highest BCUT2D eigenvalue weighted by Gasteiger charge is 2.13. The summed E-state index contributed by atoms with van der Waals surface area (Å²) in [7, 11) is 0. The van der Waals surface area contributed by atoms with Gasteiger partial charge in [0.25, 0.3) is 0 Å². The summed E-state index contributed by atoms with van der Waals surface area (Å²) in [5, 5.41) is 0. The maximum atomic E-state index is 13.8. The van der Waals surface area contributed by atoms with Gasteiger partial charge < -0.3 is 0 Å². The van der Waals surface area contributed by atoms with Crippen LogP contribution in [0.2, 0.25) is 0 Å². The van der Waals surface area contributed by atoms with E-state index in [1.165, 1.54) is 17.2 Å². The van der Waals surface area contributed by atoms with Crippen molar-refractivity contribution in [3.05, 3.63) is 106 Å². The molecule has 200 valence electrons. The molecule has 38 heavy (non-hydrogen) atoms. The van der Waals surface area contributed by atoms with Crippen molar-refractivity contribution >= 4 is 17.2 Å². The molecule has 0 aromatic heterocycles. The molecule has 2 aliphatic rings. The lowest BCUT2D eigenvalue weighted by Crippen LogP contribution is -2.05. The first-order valence-corrected chi connectivity index (χ1v) is 13.9. The van der Waals surface area contributed by atoms with Gasteiger partial charge in [0.05, 0.1) is 5.70 Å². The van der Waals surface area contributed by atoms with E-state index in [1.54, 1.807) is 19.1 Å². The summed E-state index contributed by atoms with van der Waals surface area (Å²) >= 11 is 0. The number of allylic oxidation sites excluding steroid dienone is 10. The summed E-state index contributed by atoms with van der Waals surface area (Å²) in [6.07, 6.45) is 24.1. The molecule has 0 saturated carbocycles. The fourth-order valence-electron chi connectivity index (χ4n) is 4.72. The first kappa shape index (κ1) is 29.2. The molecular weight excluding hydrogens is 471 g/mol. The van der Waals surface area contributed by atoms with Gasteiger partial charge in [-0.2, -0.15) is 0 Å². The fraction of sp³-hybridized carbons (Fsp3) is 0.382. The Labute approximate surface area is 228 Å². The molecule has 0 bridgehead atoms. The van der Waals surface area contributed by atoms with Gasteiger partial charge in [0.15, 0.2) is 5.78 Å². The number of aryl methyl sites for hydroxylation is 1. The third-order valence-corrected chi connectivity index (χ3v) is 6.87. The molecule has 4 heteroatoms. The molecule has 1 heterocycles. The number of hydrogen-bond donors (Lipinski definition) is 0. The van der Waals surface area contributed by atoms with Gasteiger partial charge in [0.1, 0.15) is 5.82 Å². The molecule has 1 aliphatic carbocycles. The van der Waals surface area contributed by atoms with E-state index in [4.69, 9.17) is 4.99 Å². The number of carbonyl (C=O) groups excluding carboxylic acids is 1. The molecule has 1 aliphatic heterocycles. The zero-order valence-corrected chi connectivity index (χ0v) is 23.4. The Balaban J connectivity index is 1.78. The minimum Gasteiger partial charge on any atom is -0.294 e. The molecule has 1 aromatic rings. The van der Waals surface area contributed by atoms with Crippen LogP contribution in [-0.2, 0) is 4.79 Å². The van der Waals surface area contributed by atoms with Gasteiger partial charge in [-0.1, -0.05) is 55.4 Å². The van der Waals surface area contributed by atoms with Crippen LogP contribution in [0.3, 0.4) is 0 Å². The number of aliphatic imine (C=N–C) groups is 2. The molecule has 3 rings (SSSR count). The van der Waals surface area contributed by atoms with E-state index in [-0.39, 0.29) is 11.6 Å². The van der Waals surface area contributed by atoms with Crippen LogP contribution >= 0.6 is 0 Å². The Morgan fingerprint density at radius 3 is 2.76 bits per heavy atom. The highest BCUT2D eigenvalue weighted by atomic mass is 19.1. The average Bonchev–Trinajstić information content (AvgIpc) is 3.16. The molecule has 0 unspecified atom stereocenters. The summed E-state index contributed by atoms with van der Waals surface area (Å²) in [6.45, 7) is 7.87. The molecule has 0 fully saturated rings. The third kappa shape index (κ3) is 9.16. The van der Waals surface area contributed by atoms with Crippen molar-refractivity contribution in [2.24, 2.45) is 9.98 Å². The fourth-order valence-corrected chi connectivity index (χ4v) is 4.72. The normalized spacial score (nSPS) is 18.6. The predicted octanol–water partition coefficient (Wildman–Crippen LogP) is 9.26. The van der Waals surface area contributed by atoms with Crippen LogP contribution in [0.1, 0.15) is 89.7 Å². The zero-order valence-electron chi connectivity index (χ0n) is 23.4. The van der Waals surface area contributed by atoms with Crippen LogP contribution in [0.15, 0.2) is 99.3 Å². The first-order valence-electron chi connectivity index (χ1n) is 13.9. The SMILES string of the molecule is CC/C=C(C)\C(=C\C(=O)CC1=CCCCC(=CC2=NC=CC=CC2)CC1)N=C(CC)c1ccc(F)c(C)c1. The van der Waals surface area contributed by atoms with E-state index in [2.05, 4.69) is 36.2 Å². The number of carbonyl (C=O) groups is 1. The number of nitrogens with zero attached hydrogens (tertiary/aromatic N) is 2. The van der Waals surface area contributed by atoms with Crippen LogP contribution in [0.5, 0.6) is 0 Å². The quantitative estimate of drug-likeness (QED) is 0.141. The Morgan fingerprint density at radius 1 is 1.16 bits per heavy atom.